The number of hydroxylamine groups is 1. The number of carbonyl (C=O) groups is 2. The monoisotopic (exact) mass is 183 g/mol. The Labute approximate surface area is 63.4 Å². The maximum Gasteiger partial charge on any atom is 0.430 e. The molecular formula is C2H5N3O5S. The van der Waals surface area contributed by atoms with Gasteiger partial charge in [0, 0.05) is 0 Å². The van der Waals surface area contributed by atoms with Crippen LogP contribution in [0.4, 0.5) is 9.59 Å². The van der Waals surface area contributed by atoms with E-state index in [-0.39, 0.29) is 4.47 Å². The van der Waals surface area contributed by atoms with E-state index in [2.05, 4.69) is 16.3 Å². The van der Waals surface area contributed by atoms with Gasteiger partial charge in [-0.3, -0.25) is 4.55 Å². The summed E-state index contributed by atoms with van der Waals surface area (Å²) in [4.78, 5) is 23.8. The van der Waals surface area contributed by atoms with Crippen molar-refractivity contribution in [3.05, 3.63) is 0 Å². The number of nitrogens with zero attached hydrogens (tertiary/aromatic N) is 1. The molecule has 0 aliphatic carbocycles. The van der Waals surface area contributed by atoms with Crippen molar-refractivity contribution in [1.82, 2.24) is 4.47 Å². The van der Waals surface area contributed by atoms with Gasteiger partial charge in [-0.1, -0.05) is 0 Å². The number of primary amides is 2. The molecule has 1 atom stereocenters. The summed E-state index contributed by atoms with van der Waals surface area (Å²) >= 11 is -2.82. The second-order valence-electron chi connectivity index (χ2n) is 1.24. The van der Waals surface area contributed by atoms with Crippen LogP contribution in [0.2, 0.25) is 0 Å². The van der Waals surface area contributed by atoms with Crippen molar-refractivity contribution < 1.29 is 23.2 Å². The zero-order chi connectivity index (χ0) is 9.02. The summed E-state index contributed by atoms with van der Waals surface area (Å²) in [5, 5.41) is 0. The number of carbonyl (C=O) groups excluding carboxylic acids is 2. The van der Waals surface area contributed by atoms with Gasteiger partial charge in [0.1, 0.15) is 0 Å². The van der Waals surface area contributed by atoms with Crippen LogP contribution in [0.3, 0.4) is 0 Å². The summed E-state index contributed by atoms with van der Waals surface area (Å²) in [6.07, 6.45) is -1.41. The quantitative estimate of drug-likeness (QED) is 0.336. The molecule has 0 heterocycles. The molecule has 0 saturated carbocycles. The molecule has 0 aliphatic heterocycles. The number of nitrogens with two attached hydrogens (primary N) is 2. The number of urea groups is 1. The molecule has 0 aromatic rings. The molecular weight excluding hydrogens is 178 g/mol. The van der Waals surface area contributed by atoms with E-state index >= 15 is 0 Å². The minimum atomic E-state index is -2.82. The molecule has 3 amide bonds. The molecule has 11 heavy (non-hydrogen) atoms. The number of amides is 3. The fourth-order valence-electron chi connectivity index (χ4n) is 0.236. The topological polar surface area (TPSA) is 136 Å². The van der Waals surface area contributed by atoms with Crippen LogP contribution in [0.25, 0.3) is 0 Å². The third-order valence-corrected chi connectivity index (χ3v) is 1.03. The Morgan fingerprint density at radius 2 is 1.91 bits per heavy atom. The number of hydrogen-bond acceptors (Lipinski definition) is 4. The summed E-state index contributed by atoms with van der Waals surface area (Å²) < 4.78 is 18.0. The first-order valence-electron chi connectivity index (χ1n) is 2.13. The zero-order valence-corrected chi connectivity index (χ0v) is 5.91. The first-order chi connectivity index (χ1) is 4.95. The molecule has 0 aromatic carbocycles. The van der Waals surface area contributed by atoms with Gasteiger partial charge in [-0.2, -0.15) is 0 Å². The summed E-state index contributed by atoms with van der Waals surface area (Å²) in [6.45, 7) is 0. The molecule has 5 N–H and O–H groups in total. The molecule has 0 saturated heterocycles. The summed E-state index contributed by atoms with van der Waals surface area (Å²) in [5.41, 5.74) is 8.90. The highest BCUT2D eigenvalue weighted by Gasteiger charge is 2.19. The average molecular weight is 183 g/mol. The van der Waals surface area contributed by atoms with Crippen LogP contribution in [0.15, 0.2) is 0 Å². The Balaban J connectivity index is 4.23. The molecule has 0 bridgehead atoms. The van der Waals surface area contributed by atoms with E-state index in [4.69, 9.17) is 4.55 Å². The van der Waals surface area contributed by atoms with Crippen molar-refractivity contribution in [3.63, 3.8) is 0 Å². The molecule has 9 heteroatoms. The van der Waals surface area contributed by atoms with E-state index < -0.39 is 23.4 Å². The fourth-order valence-corrected chi connectivity index (χ4v) is 0.527. The number of rotatable bonds is 1. The first-order valence-corrected chi connectivity index (χ1v) is 3.19. The van der Waals surface area contributed by atoms with Gasteiger partial charge in [0.15, 0.2) is 0 Å². The normalized spacial score (nSPS) is 11.7. The zero-order valence-electron chi connectivity index (χ0n) is 5.09. The standard InChI is InChI=1S/C2H5N3O5S/c3-1(6)5(11(8)9)10-2(4)7/h(H2,3,6)(H2,4,7)(H,8,9). The summed E-state index contributed by atoms with van der Waals surface area (Å²) in [7, 11) is 0. The van der Waals surface area contributed by atoms with Gasteiger partial charge < -0.3 is 16.3 Å². The predicted octanol–water partition coefficient (Wildman–Crippen LogP) is -1.49. The van der Waals surface area contributed by atoms with Crippen LogP contribution in [0.1, 0.15) is 0 Å². The minimum absolute atomic E-state index is 0.275. The van der Waals surface area contributed by atoms with E-state index in [1.807, 2.05) is 0 Å². The molecule has 0 radical (unpaired) electrons. The first kappa shape index (κ1) is 9.65. The fraction of sp³-hybridized carbons (Fsp3) is 0. The van der Waals surface area contributed by atoms with Crippen molar-refractivity contribution >= 4 is 23.4 Å². The molecule has 0 aliphatic rings. The van der Waals surface area contributed by atoms with E-state index in [1.165, 1.54) is 0 Å². The van der Waals surface area contributed by atoms with Crippen LogP contribution in [0, 0.1) is 0 Å². The third kappa shape index (κ3) is 3.37. The Morgan fingerprint density at radius 3 is 2.00 bits per heavy atom. The van der Waals surface area contributed by atoms with E-state index in [1.54, 1.807) is 0 Å². The van der Waals surface area contributed by atoms with Crippen LogP contribution in [-0.4, -0.2) is 25.4 Å². The lowest BCUT2D eigenvalue weighted by atomic mass is 11.1. The Kier molecular flexibility index (Phi) is 3.27. The Bertz CT molecular complexity index is 190. The summed E-state index contributed by atoms with van der Waals surface area (Å²) in [5.74, 6) is 0. The second kappa shape index (κ2) is 3.73. The van der Waals surface area contributed by atoms with Gasteiger partial charge in [0.2, 0.25) is 0 Å². The largest absolute Gasteiger partial charge is 0.430 e. The van der Waals surface area contributed by atoms with Crippen LogP contribution in [0.5, 0.6) is 0 Å². The molecule has 0 fully saturated rings. The lowest BCUT2D eigenvalue weighted by Crippen LogP contribution is -2.40. The van der Waals surface area contributed by atoms with E-state index in [0.29, 0.717) is 0 Å². The van der Waals surface area contributed by atoms with Crippen LogP contribution >= 0.6 is 0 Å². The highest BCUT2D eigenvalue weighted by molar-refractivity contribution is 7.77. The summed E-state index contributed by atoms with van der Waals surface area (Å²) in [6, 6.07) is -1.40. The predicted molar refractivity (Wildman–Crippen MR) is 32.9 cm³/mol. The maximum atomic E-state index is 10.1. The van der Waals surface area contributed by atoms with E-state index in [9.17, 15) is 13.8 Å². The molecule has 1 unspecified atom stereocenters. The lowest BCUT2D eigenvalue weighted by molar-refractivity contribution is 0.0181. The van der Waals surface area contributed by atoms with Crippen LogP contribution < -0.4 is 11.5 Å². The SMILES string of the molecule is NC(=O)ON(C(N)=O)S(=O)O. The highest BCUT2D eigenvalue weighted by atomic mass is 32.2. The van der Waals surface area contributed by atoms with Gasteiger partial charge in [-0.05, 0) is 4.47 Å². The molecule has 8 nitrogen and oxygen atoms in total. The average Bonchev–Trinajstić information content (AvgIpc) is 1.81. The van der Waals surface area contributed by atoms with Crippen molar-refractivity contribution in [1.29, 1.82) is 0 Å². The smallest absolute Gasteiger partial charge is 0.348 e. The van der Waals surface area contributed by atoms with Crippen molar-refractivity contribution in [2.45, 2.75) is 0 Å². The molecule has 0 spiro atoms. The molecule has 0 aromatic heterocycles. The van der Waals surface area contributed by atoms with Gasteiger partial charge in [0.25, 0.3) is 0 Å². The minimum Gasteiger partial charge on any atom is -0.348 e. The van der Waals surface area contributed by atoms with Crippen molar-refractivity contribution in [3.8, 4) is 0 Å². The Morgan fingerprint density at radius 1 is 1.45 bits per heavy atom. The lowest BCUT2D eigenvalue weighted by Gasteiger charge is -2.10. The second-order valence-corrected chi connectivity index (χ2v) is 2.03. The van der Waals surface area contributed by atoms with Gasteiger partial charge in [-0.25, -0.2) is 13.8 Å². The maximum absolute atomic E-state index is 10.1. The van der Waals surface area contributed by atoms with E-state index in [0.717, 1.165) is 0 Å². The van der Waals surface area contributed by atoms with Gasteiger partial charge in [-0.15, -0.1) is 0 Å². The Hall–Kier alpha value is -1.35. The number of hydrogen-bond donors (Lipinski definition) is 3. The highest BCUT2D eigenvalue weighted by Crippen LogP contribution is 1.92. The van der Waals surface area contributed by atoms with Gasteiger partial charge >= 0.3 is 23.4 Å². The third-order valence-electron chi connectivity index (χ3n) is 0.495. The van der Waals surface area contributed by atoms with Crippen LogP contribution in [-0.2, 0) is 16.1 Å². The molecule has 64 valence electrons. The van der Waals surface area contributed by atoms with Gasteiger partial charge in [0.05, 0.1) is 0 Å². The molecule has 0 rings (SSSR count). The van der Waals surface area contributed by atoms with Crippen molar-refractivity contribution in [2.24, 2.45) is 11.5 Å². The van der Waals surface area contributed by atoms with Crippen molar-refractivity contribution in [2.75, 3.05) is 0 Å².